The largest absolute Gasteiger partial charge is 0.298 e. The molecule has 0 atom stereocenters. The summed E-state index contributed by atoms with van der Waals surface area (Å²) in [6.07, 6.45) is 0. The van der Waals surface area contributed by atoms with Crippen molar-refractivity contribution in [2.24, 2.45) is 0 Å². The number of halogens is 1. The maximum atomic E-state index is 12.2. The first-order valence-corrected chi connectivity index (χ1v) is 8.48. The third kappa shape index (κ3) is 2.35. The number of nitrogens with zero attached hydrogens (tertiary/aromatic N) is 2. The summed E-state index contributed by atoms with van der Waals surface area (Å²) < 4.78 is 2.14. The number of carbonyl (C=O) groups is 1. The standard InChI is InChI=1S/C15H8ClN3OS2/c16-9-3-1-2-8(6-9)14(20)19-15-18-11-5-4-10-12(13(11)22-15)21-7-17-10/h1-7H,(H,18,19,20). The van der Waals surface area contributed by atoms with Crippen LogP contribution in [0, 0.1) is 0 Å². The minimum absolute atomic E-state index is 0.220. The van der Waals surface area contributed by atoms with Crippen LogP contribution in [0.5, 0.6) is 0 Å². The Morgan fingerprint density at radius 3 is 2.86 bits per heavy atom. The number of amides is 1. The van der Waals surface area contributed by atoms with Crippen molar-refractivity contribution in [1.29, 1.82) is 0 Å². The Labute approximate surface area is 138 Å². The summed E-state index contributed by atoms with van der Waals surface area (Å²) in [6.45, 7) is 0. The number of carbonyl (C=O) groups excluding carboxylic acids is 1. The Morgan fingerprint density at radius 1 is 1.14 bits per heavy atom. The predicted molar refractivity (Wildman–Crippen MR) is 92.2 cm³/mol. The van der Waals surface area contributed by atoms with E-state index >= 15 is 0 Å². The van der Waals surface area contributed by atoms with Crippen molar-refractivity contribution in [3.05, 3.63) is 52.5 Å². The van der Waals surface area contributed by atoms with Gasteiger partial charge < -0.3 is 0 Å². The molecule has 0 fully saturated rings. The molecular weight excluding hydrogens is 338 g/mol. The molecule has 0 radical (unpaired) electrons. The summed E-state index contributed by atoms with van der Waals surface area (Å²) in [5.74, 6) is -0.220. The highest BCUT2D eigenvalue weighted by molar-refractivity contribution is 7.28. The van der Waals surface area contributed by atoms with E-state index in [2.05, 4.69) is 15.3 Å². The highest BCUT2D eigenvalue weighted by Crippen LogP contribution is 2.34. The second kappa shape index (κ2) is 5.31. The lowest BCUT2D eigenvalue weighted by atomic mass is 10.2. The van der Waals surface area contributed by atoms with Gasteiger partial charge >= 0.3 is 0 Å². The Bertz CT molecular complexity index is 1010. The summed E-state index contributed by atoms with van der Waals surface area (Å²) in [7, 11) is 0. The van der Waals surface area contributed by atoms with E-state index in [1.165, 1.54) is 11.3 Å². The maximum Gasteiger partial charge on any atom is 0.257 e. The summed E-state index contributed by atoms with van der Waals surface area (Å²) in [4.78, 5) is 21.0. The van der Waals surface area contributed by atoms with Crippen molar-refractivity contribution in [1.82, 2.24) is 9.97 Å². The number of fused-ring (bicyclic) bond motifs is 3. The molecule has 4 rings (SSSR count). The van der Waals surface area contributed by atoms with Crippen molar-refractivity contribution in [3.8, 4) is 0 Å². The zero-order valence-electron chi connectivity index (χ0n) is 11.0. The Morgan fingerprint density at radius 2 is 2.00 bits per heavy atom. The molecule has 0 aliphatic carbocycles. The molecule has 2 aromatic carbocycles. The number of hydrogen-bond donors (Lipinski definition) is 1. The van der Waals surface area contributed by atoms with Crippen molar-refractivity contribution in [3.63, 3.8) is 0 Å². The molecule has 1 amide bonds. The number of thiazole rings is 2. The molecule has 0 spiro atoms. The van der Waals surface area contributed by atoms with Gasteiger partial charge in [-0.1, -0.05) is 29.0 Å². The Hall–Kier alpha value is -2.02. The molecule has 0 unspecified atom stereocenters. The van der Waals surface area contributed by atoms with Crippen LogP contribution in [0.1, 0.15) is 10.4 Å². The molecule has 4 nitrogen and oxygen atoms in total. The zero-order valence-corrected chi connectivity index (χ0v) is 13.4. The molecular formula is C15H8ClN3OS2. The van der Waals surface area contributed by atoms with E-state index in [4.69, 9.17) is 11.6 Å². The van der Waals surface area contributed by atoms with E-state index in [0.717, 1.165) is 20.4 Å². The molecule has 0 aliphatic rings. The van der Waals surface area contributed by atoms with E-state index in [0.29, 0.717) is 15.7 Å². The van der Waals surface area contributed by atoms with Gasteiger partial charge in [0.05, 0.1) is 25.9 Å². The Balaban J connectivity index is 1.71. The minimum atomic E-state index is -0.220. The summed E-state index contributed by atoms with van der Waals surface area (Å²) in [6, 6.07) is 10.7. The average molecular weight is 346 g/mol. The topological polar surface area (TPSA) is 54.9 Å². The lowest BCUT2D eigenvalue weighted by Gasteiger charge is -2.01. The van der Waals surface area contributed by atoms with E-state index in [-0.39, 0.29) is 5.91 Å². The van der Waals surface area contributed by atoms with E-state index in [9.17, 15) is 4.79 Å². The van der Waals surface area contributed by atoms with E-state index in [1.807, 2.05) is 17.6 Å². The van der Waals surface area contributed by atoms with Gasteiger partial charge in [0.15, 0.2) is 5.13 Å². The van der Waals surface area contributed by atoms with E-state index in [1.54, 1.807) is 35.6 Å². The number of anilines is 1. The van der Waals surface area contributed by atoms with Crippen LogP contribution in [-0.4, -0.2) is 15.9 Å². The van der Waals surface area contributed by atoms with Crippen LogP contribution in [0.2, 0.25) is 5.02 Å². The van der Waals surface area contributed by atoms with Crippen molar-refractivity contribution < 1.29 is 4.79 Å². The second-order valence-electron chi connectivity index (χ2n) is 4.60. The Kier molecular flexibility index (Phi) is 3.29. The quantitative estimate of drug-likeness (QED) is 0.567. The molecule has 0 aliphatic heterocycles. The van der Waals surface area contributed by atoms with Crippen LogP contribution in [0.3, 0.4) is 0 Å². The fourth-order valence-corrected chi connectivity index (χ4v) is 4.24. The second-order valence-corrected chi connectivity index (χ2v) is 6.89. The van der Waals surface area contributed by atoms with Crippen molar-refractivity contribution in [2.75, 3.05) is 5.32 Å². The van der Waals surface area contributed by atoms with Crippen molar-refractivity contribution >= 4 is 65.7 Å². The van der Waals surface area contributed by atoms with Gasteiger partial charge in [-0.05, 0) is 30.3 Å². The average Bonchev–Trinajstić information content (AvgIpc) is 3.11. The highest BCUT2D eigenvalue weighted by atomic mass is 35.5. The minimum Gasteiger partial charge on any atom is -0.298 e. The lowest BCUT2D eigenvalue weighted by molar-refractivity contribution is 0.102. The van der Waals surface area contributed by atoms with Gasteiger partial charge in [-0.15, -0.1) is 11.3 Å². The molecule has 7 heteroatoms. The maximum absolute atomic E-state index is 12.2. The van der Waals surface area contributed by atoms with Crippen molar-refractivity contribution in [2.45, 2.75) is 0 Å². The fourth-order valence-electron chi connectivity index (χ4n) is 2.16. The lowest BCUT2D eigenvalue weighted by Crippen LogP contribution is -2.11. The van der Waals surface area contributed by atoms with E-state index < -0.39 is 0 Å². The number of benzene rings is 2. The van der Waals surface area contributed by atoms with Gasteiger partial charge in [-0.25, -0.2) is 9.97 Å². The summed E-state index contributed by atoms with van der Waals surface area (Å²) in [5, 5.41) is 3.93. The number of aromatic nitrogens is 2. The molecule has 2 aromatic heterocycles. The van der Waals surface area contributed by atoms with Gasteiger partial charge in [0.25, 0.3) is 5.91 Å². The van der Waals surface area contributed by atoms with Crippen LogP contribution in [-0.2, 0) is 0 Å². The number of hydrogen-bond acceptors (Lipinski definition) is 5. The molecule has 1 N–H and O–H groups in total. The van der Waals surface area contributed by atoms with Crippen LogP contribution < -0.4 is 5.32 Å². The smallest absolute Gasteiger partial charge is 0.257 e. The third-order valence-corrected chi connectivity index (χ3v) is 5.39. The number of rotatable bonds is 2. The molecule has 0 saturated carbocycles. The first-order valence-electron chi connectivity index (χ1n) is 6.40. The van der Waals surface area contributed by atoms with Crippen LogP contribution in [0.15, 0.2) is 41.9 Å². The highest BCUT2D eigenvalue weighted by Gasteiger charge is 2.12. The normalized spacial score (nSPS) is 11.1. The van der Waals surface area contributed by atoms with Crippen LogP contribution in [0.4, 0.5) is 5.13 Å². The predicted octanol–water partition coefficient (Wildman–Crippen LogP) is 4.81. The molecule has 22 heavy (non-hydrogen) atoms. The monoisotopic (exact) mass is 345 g/mol. The molecule has 0 bridgehead atoms. The molecule has 0 saturated heterocycles. The summed E-state index contributed by atoms with van der Waals surface area (Å²) >= 11 is 8.94. The molecule has 2 heterocycles. The summed E-state index contributed by atoms with van der Waals surface area (Å²) in [5.41, 5.74) is 4.14. The van der Waals surface area contributed by atoms with Gasteiger partial charge in [0, 0.05) is 10.6 Å². The van der Waals surface area contributed by atoms with Gasteiger partial charge in [-0.3, -0.25) is 10.1 Å². The first kappa shape index (κ1) is 13.6. The molecule has 4 aromatic rings. The number of nitrogens with one attached hydrogen (secondary N) is 1. The van der Waals surface area contributed by atoms with Gasteiger partial charge in [0.1, 0.15) is 0 Å². The third-order valence-electron chi connectivity index (χ3n) is 3.16. The van der Waals surface area contributed by atoms with Gasteiger partial charge in [0.2, 0.25) is 0 Å². The molecule has 108 valence electrons. The SMILES string of the molecule is O=C(Nc1nc2ccc3ncsc3c2s1)c1cccc(Cl)c1. The fraction of sp³-hybridized carbons (Fsp3) is 0. The zero-order chi connectivity index (χ0) is 15.1. The van der Waals surface area contributed by atoms with Crippen LogP contribution >= 0.6 is 34.3 Å². The van der Waals surface area contributed by atoms with Crippen LogP contribution in [0.25, 0.3) is 20.4 Å². The van der Waals surface area contributed by atoms with Gasteiger partial charge in [-0.2, -0.15) is 0 Å². The first-order chi connectivity index (χ1) is 10.7.